The van der Waals surface area contributed by atoms with E-state index in [2.05, 4.69) is 15.3 Å². The minimum atomic E-state index is -0.195. The number of hydrogen-bond acceptors (Lipinski definition) is 5. The van der Waals surface area contributed by atoms with Crippen LogP contribution in [0.2, 0.25) is 0 Å². The summed E-state index contributed by atoms with van der Waals surface area (Å²) in [4.78, 5) is 27.9. The number of carbonyl (C=O) groups excluding carboxylic acids is 1. The van der Waals surface area contributed by atoms with Crippen LogP contribution < -0.4 is 10.2 Å². The van der Waals surface area contributed by atoms with Crippen LogP contribution in [0.15, 0.2) is 85.3 Å². The van der Waals surface area contributed by atoms with Gasteiger partial charge in [0.15, 0.2) is 0 Å². The van der Waals surface area contributed by atoms with Crippen LogP contribution in [-0.2, 0) is 11.3 Å². The smallest absolute Gasteiger partial charge is 0.227 e. The second-order valence-corrected chi connectivity index (χ2v) is 8.11. The van der Waals surface area contributed by atoms with Crippen molar-refractivity contribution in [2.75, 3.05) is 19.0 Å². The molecule has 0 radical (unpaired) electrons. The summed E-state index contributed by atoms with van der Waals surface area (Å²) in [5, 5.41) is 3.04. The molecule has 166 valence electrons. The van der Waals surface area contributed by atoms with Crippen molar-refractivity contribution < 1.29 is 4.79 Å². The molecule has 1 N–H and O–H groups in total. The lowest BCUT2D eigenvalue weighted by molar-refractivity contribution is -0.122. The molecule has 0 spiro atoms. The molecule has 6 heteroatoms. The van der Waals surface area contributed by atoms with Gasteiger partial charge in [-0.1, -0.05) is 54.6 Å². The molecule has 0 aliphatic carbocycles. The largest absolute Gasteiger partial charge is 0.352 e. The van der Waals surface area contributed by atoms with Crippen molar-refractivity contribution in [2.45, 2.75) is 19.4 Å². The molecule has 33 heavy (non-hydrogen) atoms. The number of aromatic nitrogens is 3. The van der Waals surface area contributed by atoms with Gasteiger partial charge in [0.25, 0.3) is 0 Å². The highest BCUT2D eigenvalue weighted by molar-refractivity contribution is 5.83. The standard InChI is InChI=1S/C27H27N5O/c1-19(21-7-5-4-6-8-21)26(33)29-17-20-9-11-23(12-10-20)25-24(22-13-15-28-16-14-22)18-30-27(31-25)32(2)3/h4-16,18-19H,17H2,1-3H3,(H,29,33). The normalized spacial score (nSPS) is 11.6. The molecule has 4 aromatic rings. The third-order valence-electron chi connectivity index (χ3n) is 5.55. The first-order valence-electron chi connectivity index (χ1n) is 10.9. The Hall–Kier alpha value is -4.06. The summed E-state index contributed by atoms with van der Waals surface area (Å²) in [5.41, 5.74) is 5.83. The van der Waals surface area contributed by atoms with Crippen molar-refractivity contribution in [3.05, 3.63) is 96.4 Å². The molecule has 4 rings (SSSR count). The van der Waals surface area contributed by atoms with E-state index >= 15 is 0 Å². The van der Waals surface area contributed by atoms with Crippen molar-refractivity contribution in [1.82, 2.24) is 20.3 Å². The van der Waals surface area contributed by atoms with Gasteiger partial charge in [0.05, 0.1) is 11.6 Å². The summed E-state index contributed by atoms with van der Waals surface area (Å²) in [6.45, 7) is 2.39. The van der Waals surface area contributed by atoms with Gasteiger partial charge in [-0.05, 0) is 35.7 Å². The molecule has 0 bridgehead atoms. The van der Waals surface area contributed by atoms with Gasteiger partial charge < -0.3 is 10.2 Å². The molecule has 2 aromatic heterocycles. The van der Waals surface area contributed by atoms with E-state index in [1.54, 1.807) is 12.4 Å². The zero-order valence-corrected chi connectivity index (χ0v) is 19.1. The van der Waals surface area contributed by atoms with Crippen LogP contribution in [0.4, 0.5) is 5.95 Å². The highest BCUT2D eigenvalue weighted by atomic mass is 16.1. The molecule has 1 atom stereocenters. The minimum Gasteiger partial charge on any atom is -0.352 e. The van der Waals surface area contributed by atoms with Gasteiger partial charge in [-0.3, -0.25) is 9.78 Å². The van der Waals surface area contributed by atoms with Gasteiger partial charge in [0.1, 0.15) is 0 Å². The number of carbonyl (C=O) groups is 1. The van der Waals surface area contributed by atoms with Gasteiger partial charge in [-0.15, -0.1) is 0 Å². The second-order valence-electron chi connectivity index (χ2n) is 8.11. The lowest BCUT2D eigenvalue weighted by Crippen LogP contribution is -2.27. The molecule has 6 nitrogen and oxygen atoms in total. The molecule has 2 heterocycles. The van der Waals surface area contributed by atoms with Gasteiger partial charge >= 0.3 is 0 Å². The molecular weight excluding hydrogens is 410 g/mol. The van der Waals surface area contributed by atoms with Crippen molar-refractivity contribution in [2.24, 2.45) is 0 Å². The van der Waals surface area contributed by atoms with Crippen LogP contribution >= 0.6 is 0 Å². The molecule has 0 aliphatic heterocycles. The Balaban J connectivity index is 1.53. The topological polar surface area (TPSA) is 71.0 Å². The fraction of sp³-hybridized carbons (Fsp3) is 0.185. The first kappa shape index (κ1) is 22.1. The predicted octanol–water partition coefficient (Wildman–Crippen LogP) is 4.69. The number of rotatable bonds is 7. The zero-order valence-electron chi connectivity index (χ0n) is 19.1. The summed E-state index contributed by atoms with van der Waals surface area (Å²) < 4.78 is 0. The maximum atomic E-state index is 12.6. The summed E-state index contributed by atoms with van der Waals surface area (Å²) in [6.07, 6.45) is 5.38. The van der Waals surface area contributed by atoms with Crippen LogP contribution in [0.1, 0.15) is 24.0 Å². The Morgan fingerprint density at radius 2 is 1.64 bits per heavy atom. The van der Waals surface area contributed by atoms with Gasteiger partial charge in [0.2, 0.25) is 11.9 Å². The van der Waals surface area contributed by atoms with Crippen LogP contribution in [0.5, 0.6) is 0 Å². The number of nitrogens with one attached hydrogen (secondary N) is 1. The lowest BCUT2D eigenvalue weighted by atomic mass is 10.00. The van der Waals surface area contributed by atoms with Crippen LogP contribution in [0.3, 0.4) is 0 Å². The average molecular weight is 438 g/mol. The number of benzene rings is 2. The van der Waals surface area contributed by atoms with E-state index in [4.69, 9.17) is 4.98 Å². The Morgan fingerprint density at radius 3 is 2.30 bits per heavy atom. The second kappa shape index (κ2) is 10.0. The van der Waals surface area contributed by atoms with Crippen molar-refractivity contribution in [3.8, 4) is 22.4 Å². The molecule has 0 fully saturated rings. The number of amides is 1. The van der Waals surface area contributed by atoms with Gasteiger partial charge in [-0.25, -0.2) is 9.97 Å². The summed E-state index contributed by atoms with van der Waals surface area (Å²) >= 11 is 0. The lowest BCUT2D eigenvalue weighted by Gasteiger charge is -2.15. The number of pyridine rings is 1. The molecular formula is C27H27N5O. The Labute approximate surface area is 194 Å². The van der Waals surface area contributed by atoms with Crippen LogP contribution in [0, 0.1) is 0 Å². The number of nitrogens with zero attached hydrogens (tertiary/aromatic N) is 4. The van der Waals surface area contributed by atoms with E-state index in [1.807, 2.05) is 98.8 Å². The monoisotopic (exact) mass is 437 g/mol. The van der Waals surface area contributed by atoms with E-state index in [0.717, 1.165) is 33.5 Å². The van der Waals surface area contributed by atoms with E-state index < -0.39 is 0 Å². The Kier molecular flexibility index (Phi) is 6.74. The van der Waals surface area contributed by atoms with E-state index in [-0.39, 0.29) is 11.8 Å². The average Bonchev–Trinajstić information content (AvgIpc) is 2.87. The maximum Gasteiger partial charge on any atom is 0.227 e. The molecule has 1 amide bonds. The van der Waals surface area contributed by atoms with E-state index in [1.165, 1.54) is 0 Å². The summed E-state index contributed by atoms with van der Waals surface area (Å²) in [6, 6.07) is 21.8. The molecule has 0 saturated carbocycles. The zero-order chi connectivity index (χ0) is 23.2. The van der Waals surface area contributed by atoms with E-state index in [9.17, 15) is 4.79 Å². The summed E-state index contributed by atoms with van der Waals surface area (Å²) in [7, 11) is 3.85. The fourth-order valence-electron chi connectivity index (χ4n) is 3.57. The third kappa shape index (κ3) is 5.23. The Bertz CT molecular complexity index is 1210. The first-order valence-corrected chi connectivity index (χ1v) is 10.9. The van der Waals surface area contributed by atoms with Crippen molar-refractivity contribution in [3.63, 3.8) is 0 Å². The molecule has 1 unspecified atom stereocenters. The highest BCUT2D eigenvalue weighted by Gasteiger charge is 2.15. The summed E-state index contributed by atoms with van der Waals surface area (Å²) in [5.74, 6) is 0.463. The van der Waals surface area contributed by atoms with Crippen LogP contribution in [0.25, 0.3) is 22.4 Å². The van der Waals surface area contributed by atoms with Crippen LogP contribution in [-0.4, -0.2) is 35.0 Å². The quantitative estimate of drug-likeness (QED) is 0.454. The van der Waals surface area contributed by atoms with Gasteiger partial charge in [-0.2, -0.15) is 0 Å². The number of anilines is 1. The first-order chi connectivity index (χ1) is 16.0. The molecule has 2 aromatic carbocycles. The maximum absolute atomic E-state index is 12.6. The third-order valence-corrected chi connectivity index (χ3v) is 5.55. The van der Waals surface area contributed by atoms with Gasteiger partial charge in [0, 0.05) is 50.4 Å². The molecule has 0 aliphatic rings. The fourth-order valence-corrected chi connectivity index (χ4v) is 3.57. The van der Waals surface area contributed by atoms with Crippen molar-refractivity contribution in [1.29, 1.82) is 0 Å². The molecule has 0 saturated heterocycles. The minimum absolute atomic E-state index is 0.0108. The SMILES string of the molecule is CC(C(=O)NCc1ccc(-c2nc(N(C)C)ncc2-c2ccncc2)cc1)c1ccccc1. The number of hydrogen-bond donors (Lipinski definition) is 1. The van der Waals surface area contributed by atoms with E-state index in [0.29, 0.717) is 12.5 Å². The predicted molar refractivity (Wildman–Crippen MR) is 132 cm³/mol. The van der Waals surface area contributed by atoms with Crippen molar-refractivity contribution >= 4 is 11.9 Å². The Morgan fingerprint density at radius 1 is 0.939 bits per heavy atom. The highest BCUT2D eigenvalue weighted by Crippen LogP contribution is 2.31.